The van der Waals surface area contributed by atoms with Gasteiger partial charge >= 0.3 is 0 Å². The molecule has 24 heavy (non-hydrogen) atoms. The number of hydrogen-bond acceptors (Lipinski definition) is 6. The summed E-state index contributed by atoms with van der Waals surface area (Å²) >= 11 is 6.15. The number of carbonyl (C=O) groups excluding carboxylic acids is 3. The summed E-state index contributed by atoms with van der Waals surface area (Å²) in [5.41, 5.74) is -0.0860. The number of methoxy groups -OCH3 is 1. The molecule has 0 N–H and O–H groups in total. The van der Waals surface area contributed by atoms with Crippen molar-refractivity contribution in [2.75, 3.05) is 12.9 Å². The van der Waals surface area contributed by atoms with Gasteiger partial charge in [-0.2, -0.15) is 0 Å². The molecule has 130 valence electrons. The molecular weight excluding hydrogens is 356 g/mol. The zero-order chi connectivity index (χ0) is 18.1. The van der Waals surface area contributed by atoms with Gasteiger partial charge in [-0.25, -0.2) is 8.42 Å². The first-order valence-corrected chi connectivity index (χ1v) is 9.46. The minimum Gasteiger partial charge on any atom is -0.494 e. The van der Waals surface area contributed by atoms with Crippen LogP contribution in [0.1, 0.15) is 36.5 Å². The molecule has 1 saturated carbocycles. The molecular formula is C16H17ClO6S. The highest BCUT2D eigenvalue weighted by atomic mass is 35.5. The first-order chi connectivity index (χ1) is 11.2. The molecule has 6 nitrogen and oxygen atoms in total. The van der Waals surface area contributed by atoms with Crippen molar-refractivity contribution in [3.05, 3.63) is 22.7 Å². The summed E-state index contributed by atoms with van der Waals surface area (Å²) in [6.45, 7) is 1.47. The van der Waals surface area contributed by atoms with Crippen LogP contribution in [0.2, 0.25) is 5.02 Å². The zero-order valence-electron chi connectivity index (χ0n) is 13.3. The molecule has 0 unspecified atom stereocenters. The van der Waals surface area contributed by atoms with E-state index in [1.807, 2.05) is 0 Å². The van der Waals surface area contributed by atoms with Gasteiger partial charge in [0.05, 0.1) is 17.9 Å². The molecule has 1 aliphatic rings. The van der Waals surface area contributed by atoms with Crippen molar-refractivity contribution >= 4 is 38.8 Å². The van der Waals surface area contributed by atoms with Crippen molar-refractivity contribution < 1.29 is 27.5 Å². The summed E-state index contributed by atoms with van der Waals surface area (Å²) in [7, 11) is -2.37. The summed E-state index contributed by atoms with van der Waals surface area (Å²) in [5.74, 6) is -3.26. The lowest BCUT2D eigenvalue weighted by Gasteiger charge is -2.20. The maximum Gasteiger partial charge on any atom is 0.182 e. The summed E-state index contributed by atoms with van der Waals surface area (Å²) in [6.07, 6.45) is 0.768. The quantitative estimate of drug-likeness (QED) is 0.581. The van der Waals surface area contributed by atoms with Gasteiger partial charge < -0.3 is 4.74 Å². The smallest absolute Gasteiger partial charge is 0.182 e. The van der Waals surface area contributed by atoms with Gasteiger partial charge in [-0.3, -0.25) is 14.4 Å². The standard InChI is InChI=1S/C16H17ClO6S/c1-3-24(21,22)12-8-7-9(14(17)16(12)23-2)15(20)13-10(18)5-4-6-11(13)19/h7-8,13H,3-6H2,1-2H3. The largest absolute Gasteiger partial charge is 0.494 e. The van der Waals surface area contributed by atoms with Gasteiger partial charge in [0.25, 0.3) is 0 Å². The van der Waals surface area contributed by atoms with E-state index >= 15 is 0 Å². The second-order valence-corrected chi connectivity index (χ2v) is 8.07. The van der Waals surface area contributed by atoms with Crippen LogP contribution in [-0.2, 0) is 19.4 Å². The molecule has 8 heteroatoms. The Morgan fingerprint density at radius 3 is 2.33 bits per heavy atom. The van der Waals surface area contributed by atoms with Crippen LogP contribution >= 0.6 is 11.6 Å². The van der Waals surface area contributed by atoms with Crippen LogP contribution in [0, 0.1) is 5.92 Å². The first kappa shape index (κ1) is 18.6. The first-order valence-electron chi connectivity index (χ1n) is 7.43. The molecule has 0 saturated heterocycles. The molecule has 0 spiro atoms. The van der Waals surface area contributed by atoms with Crippen LogP contribution in [0.5, 0.6) is 5.75 Å². The normalized spacial score (nSPS) is 16.3. The number of benzene rings is 1. The van der Waals surface area contributed by atoms with Gasteiger partial charge in [0.15, 0.2) is 32.9 Å². The molecule has 0 heterocycles. The predicted octanol–water partition coefficient (Wildman–Crippen LogP) is 2.26. The Morgan fingerprint density at radius 1 is 1.25 bits per heavy atom. The minimum absolute atomic E-state index is 0.0860. The van der Waals surface area contributed by atoms with E-state index in [0.717, 1.165) is 0 Å². The Kier molecular flexibility index (Phi) is 5.45. The number of ketones is 3. The van der Waals surface area contributed by atoms with E-state index in [0.29, 0.717) is 6.42 Å². The topological polar surface area (TPSA) is 94.6 Å². The number of hydrogen-bond donors (Lipinski definition) is 0. The van der Waals surface area contributed by atoms with E-state index in [1.54, 1.807) is 0 Å². The van der Waals surface area contributed by atoms with E-state index in [-0.39, 0.29) is 39.8 Å². The number of Topliss-reactive ketones (excluding diaryl/α,β-unsaturated/α-hetero) is 3. The summed E-state index contributed by atoms with van der Waals surface area (Å²) < 4.78 is 29.2. The molecule has 0 radical (unpaired) electrons. The van der Waals surface area contributed by atoms with E-state index in [1.165, 1.54) is 26.2 Å². The van der Waals surface area contributed by atoms with Crippen LogP contribution in [0.25, 0.3) is 0 Å². The van der Waals surface area contributed by atoms with Crippen LogP contribution in [0.3, 0.4) is 0 Å². The minimum atomic E-state index is -3.61. The number of halogens is 1. The summed E-state index contributed by atoms with van der Waals surface area (Å²) in [4.78, 5) is 36.4. The Labute approximate surface area is 145 Å². The number of sulfone groups is 1. The maximum atomic E-state index is 12.6. The molecule has 0 aliphatic heterocycles. The van der Waals surface area contributed by atoms with Crippen LogP contribution < -0.4 is 4.74 Å². The third kappa shape index (κ3) is 3.23. The lowest BCUT2D eigenvalue weighted by Crippen LogP contribution is -2.35. The van der Waals surface area contributed by atoms with Gasteiger partial charge in [0.2, 0.25) is 0 Å². The SMILES string of the molecule is CCS(=O)(=O)c1ccc(C(=O)C2C(=O)CCCC2=O)c(Cl)c1OC. The second kappa shape index (κ2) is 7.03. The average Bonchev–Trinajstić information content (AvgIpc) is 2.54. The Bertz CT molecular complexity index is 796. The third-order valence-corrected chi connectivity index (χ3v) is 6.13. The van der Waals surface area contributed by atoms with Crippen molar-refractivity contribution in [2.45, 2.75) is 31.1 Å². The highest BCUT2D eigenvalue weighted by Crippen LogP contribution is 2.37. The van der Waals surface area contributed by atoms with Crippen molar-refractivity contribution in [2.24, 2.45) is 5.92 Å². The lowest BCUT2D eigenvalue weighted by molar-refractivity contribution is -0.133. The second-order valence-electron chi connectivity index (χ2n) is 5.45. The van der Waals surface area contributed by atoms with E-state index in [9.17, 15) is 22.8 Å². The van der Waals surface area contributed by atoms with Gasteiger partial charge in [-0.1, -0.05) is 18.5 Å². The molecule has 0 aromatic heterocycles. The molecule has 0 amide bonds. The molecule has 0 bridgehead atoms. The number of carbonyl (C=O) groups is 3. The Balaban J connectivity index is 2.54. The highest BCUT2D eigenvalue weighted by Gasteiger charge is 2.38. The van der Waals surface area contributed by atoms with Gasteiger partial charge in [-0.05, 0) is 18.6 Å². The van der Waals surface area contributed by atoms with E-state index < -0.39 is 33.1 Å². The van der Waals surface area contributed by atoms with Gasteiger partial charge in [0, 0.05) is 18.4 Å². The number of rotatable bonds is 5. The third-order valence-electron chi connectivity index (χ3n) is 4.00. The van der Waals surface area contributed by atoms with Crippen molar-refractivity contribution in [1.82, 2.24) is 0 Å². The molecule has 0 atom stereocenters. The monoisotopic (exact) mass is 372 g/mol. The van der Waals surface area contributed by atoms with Crippen molar-refractivity contribution in [3.8, 4) is 5.75 Å². The van der Waals surface area contributed by atoms with Crippen LogP contribution in [0.4, 0.5) is 0 Å². The molecule has 1 aromatic carbocycles. The average molecular weight is 373 g/mol. The fraction of sp³-hybridized carbons (Fsp3) is 0.438. The van der Waals surface area contributed by atoms with E-state index in [4.69, 9.17) is 16.3 Å². The lowest BCUT2D eigenvalue weighted by atomic mass is 9.81. The molecule has 1 fully saturated rings. The number of ether oxygens (including phenoxy) is 1. The van der Waals surface area contributed by atoms with Gasteiger partial charge in [-0.15, -0.1) is 0 Å². The van der Waals surface area contributed by atoms with Crippen molar-refractivity contribution in [3.63, 3.8) is 0 Å². The molecule has 1 aliphatic carbocycles. The molecule has 1 aromatic rings. The van der Waals surface area contributed by atoms with Gasteiger partial charge in [0.1, 0.15) is 10.8 Å². The van der Waals surface area contributed by atoms with Crippen LogP contribution in [-0.4, -0.2) is 38.6 Å². The zero-order valence-corrected chi connectivity index (χ0v) is 14.9. The Morgan fingerprint density at radius 2 is 1.83 bits per heavy atom. The van der Waals surface area contributed by atoms with Crippen LogP contribution in [0.15, 0.2) is 17.0 Å². The highest BCUT2D eigenvalue weighted by molar-refractivity contribution is 7.91. The fourth-order valence-corrected chi connectivity index (χ4v) is 4.12. The van der Waals surface area contributed by atoms with Crippen molar-refractivity contribution in [1.29, 1.82) is 0 Å². The fourth-order valence-electron chi connectivity index (χ4n) is 2.67. The predicted molar refractivity (Wildman–Crippen MR) is 87.4 cm³/mol. The summed E-state index contributed by atoms with van der Waals surface area (Å²) in [6, 6.07) is 2.44. The molecule has 2 rings (SSSR count). The maximum absolute atomic E-state index is 12.6. The Hall–Kier alpha value is -1.73. The summed E-state index contributed by atoms with van der Waals surface area (Å²) in [5, 5.41) is -0.205. The van der Waals surface area contributed by atoms with E-state index in [2.05, 4.69) is 0 Å².